The number of anilines is 2. The van der Waals surface area contributed by atoms with Crippen molar-refractivity contribution in [2.24, 2.45) is 0 Å². The zero-order valence-corrected chi connectivity index (χ0v) is 15.5. The molecule has 3 amide bonds. The number of ether oxygens (including phenoxy) is 1. The minimum Gasteiger partial charge on any atom is -0.482 e. The van der Waals surface area contributed by atoms with E-state index in [1.165, 1.54) is 9.80 Å². The van der Waals surface area contributed by atoms with Gasteiger partial charge in [0.25, 0.3) is 11.8 Å². The fourth-order valence-corrected chi connectivity index (χ4v) is 2.83. The molecule has 0 radical (unpaired) electrons. The van der Waals surface area contributed by atoms with Gasteiger partial charge in [-0.15, -0.1) is 0 Å². The SMILES string of the molecule is Cc1cccc(NC(=O)CN2C(=O)COc3ccc(C(=O)N(C)C)cc32)c1. The molecule has 0 aliphatic carbocycles. The van der Waals surface area contributed by atoms with Crippen LogP contribution in [0.1, 0.15) is 15.9 Å². The molecule has 0 unspecified atom stereocenters. The molecule has 7 heteroatoms. The molecule has 1 aliphatic heterocycles. The second-order valence-electron chi connectivity index (χ2n) is 6.57. The van der Waals surface area contributed by atoms with Crippen LogP contribution < -0.4 is 15.0 Å². The Bertz CT molecular complexity index is 908. The standard InChI is InChI=1S/C20H21N3O4/c1-13-5-4-6-15(9-13)21-18(24)11-23-16-10-14(20(26)22(2)3)7-8-17(16)27-12-19(23)25/h4-10H,11-12H2,1-3H3,(H,21,24). The average Bonchev–Trinajstić information content (AvgIpc) is 2.63. The van der Waals surface area contributed by atoms with Crippen molar-refractivity contribution in [3.05, 3.63) is 53.6 Å². The number of benzene rings is 2. The van der Waals surface area contributed by atoms with Crippen LogP contribution in [0.25, 0.3) is 0 Å². The van der Waals surface area contributed by atoms with E-state index in [1.807, 2.05) is 25.1 Å². The van der Waals surface area contributed by atoms with Crippen LogP contribution in [-0.4, -0.2) is 49.9 Å². The first-order valence-electron chi connectivity index (χ1n) is 8.50. The van der Waals surface area contributed by atoms with E-state index in [9.17, 15) is 14.4 Å². The number of fused-ring (bicyclic) bond motifs is 1. The minimum absolute atomic E-state index is 0.147. The fourth-order valence-electron chi connectivity index (χ4n) is 2.83. The number of hydrogen-bond acceptors (Lipinski definition) is 4. The number of nitrogens with one attached hydrogen (secondary N) is 1. The molecule has 0 spiro atoms. The Morgan fingerprint density at radius 2 is 1.96 bits per heavy atom. The summed E-state index contributed by atoms with van der Waals surface area (Å²) in [7, 11) is 3.30. The Kier molecular flexibility index (Phi) is 5.12. The van der Waals surface area contributed by atoms with Crippen LogP contribution >= 0.6 is 0 Å². The lowest BCUT2D eigenvalue weighted by Crippen LogP contribution is -2.43. The summed E-state index contributed by atoms with van der Waals surface area (Å²) in [6, 6.07) is 12.3. The van der Waals surface area contributed by atoms with E-state index < -0.39 is 0 Å². The predicted molar refractivity (Wildman–Crippen MR) is 102 cm³/mol. The topological polar surface area (TPSA) is 79.0 Å². The summed E-state index contributed by atoms with van der Waals surface area (Å²) >= 11 is 0. The van der Waals surface area contributed by atoms with Gasteiger partial charge < -0.3 is 15.0 Å². The third-order valence-corrected chi connectivity index (χ3v) is 4.16. The third kappa shape index (κ3) is 4.08. The van der Waals surface area contributed by atoms with Crippen molar-refractivity contribution in [3.8, 4) is 5.75 Å². The van der Waals surface area contributed by atoms with Gasteiger partial charge in [-0.2, -0.15) is 0 Å². The first kappa shape index (κ1) is 18.4. The molecule has 7 nitrogen and oxygen atoms in total. The van der Waals surface area contributed by atoms with Crippen LogP contribution in [0.5, 0.6) is 5.75 Å². The molecule has 2 aromatic carbocycles. The first-order chi connectivity index (χ1) is 12.8. The van der Waals surface area contributed by atoms with Crippen molar-refractivity contribution in [1.29, 1.82) is 0 Å². The van der Waals surface area contributed by atoms with Crippen LogP contribution in [0, 0.1) is 6.92 Å². The lowest BCUT2D eigenvalue weighted by molar-refractivity contribution is -0.123. The summed E-state index contributed by atoms with van der Waals surface area (Å²) in [5, 5.41) is 2.79. The zero-order chi connectivity index (χ0) is 19.6. The van der Waals surface area contributed by atoms with Gasteiger partial charge >= 0.3 is 0 Å². The van der Waals surface area contributed by atoms with Gasteiger partial charge in [-0.3, -0.25) is 19.3 Å². The number of amides is 3. The molecular formula is C20H21N3O4. The van der Waals surface area contributed by atoms with Crippen LogP contribution in [0.2, 0.25) is 0 Å². The van der Waals surface area contributed by atoms with Crippen molar-refractivity contribution >= 4 is 29.1 Å². The van der Waals surface area contributed by atoms with Crippen molar-refractivity contribution in [2.75, 3.05) is 37.5 Å². The van der Waals surface area contributed by atoms with Crippen LogP contribution in [0.15, 0.2) is 42.5 Å². The number of carbonyl (C=O) groups excluding carboxylic acids is 3. The van der Waals surface area contributed by atoms with Gasteiger partial charge in [0.05, 0.1) is 5.69 Å². The minimum atomic E-state index is -0.337. The molecule has 0 fully saturated rings. The molecule has 1 aliphatic rings. The molecule has 0 bridgehead atoms. The van der Waals surface area contributed by atoms with Crippen molar-refractivity contribution in [3.63, 3.8) is 0 Å². The summed E-state index contributed by atoms with van der Waals surface area (Å²) in [6.07, 6.45) is 0. The maximum Gasteiger partial charge on any atom is 0.265 e. The Labute approximate surface area is 157 Å². The smallest absolute Gasteiger partial charge is 0.265 e. The number of nitrogens with zero attached hydrogens (tertiary/aromatic N) is 2. The van der Waals surface area contributed by atoms with Crippen molar-refractivity contribution < 1.29 is 19.1 Å². The summed E-state index contributed by atoms with van der Waals surface area (Å²) in [4.78, 5) is 39.8. The highest BCUT2D eigenvalue weighted by atomic mass is 16.5. The zero-order valence-electron chi connectivity index (χ0n) is 15.5. The summed E-state index contributed by atoms with van der Waals surface area (Å²) < 4.78 is 5.43. The molecule has 1 N–H and O–H groups in total. The van der Waals surface area contributed by atoms with Crippen LogP contribution in [0.4, 0.5) is 11.4 Å². The molecular weight excluding hydrogens is 346 g/mol. The maximum atomic E-state index is 12.5. The maximum absolute atomic E-state index is 12.5. The van der Waals surface area contributed by atoms with Crippen LogP contribution in [-0.2, 0) is 9.59 Å². The van der Waals surface area contributed by atoms with Crippen molar-refractivity contribution in [1.82, 2.24) is 4.90 Å². The molecule has 0 saturated heterocycles. The van der Waals surface area contributed by atoms with Gasteiger partial charge in [0.2, 0.25) is 5.91 Å². The molecule has 140 valence electrons. The van der Waals surface area contributed by atoms with E-state index in [2.05, 4.69) is 5.32 Å². The largest absolute Gasteiger partial charge is 0.482 e. The van der Waals surface area contributed by atoms with E-state index in [0.717, 1.165) is 5.56 Å². The Morgan fingerprint density at radius 1 is 1.19 bits per heavy atom. The van der Waals surface area contributed by atoms with Crippen LogP contribution in [0.3, 0.4) is 0 Å². The number of hydrogen-bond donors (Lipinski definition) is 1. The summed E-state index contributed by atoms with van der Waals surface area (Å²) in [6.45, 7) is 1.62. The lowest BCUT2D eigenvalue weighted by Gasteiger charge is -2.29. The number of rotatable bonds is 4. The monoisotopic (exact) mass is 367 g/mol. The molecule has 2 aromatic rings. The van der Waals surface area contributed by atoms with E-state index in [0.29, 0.717) is 22.7 Å². The fraction of sp³-hybridized carbons (Fsp3) is 0.250. The third-order valence-electron chi connectivity index (χ3n) is 4.16. The Morgan fingerprint density at radius 3 is 2.67 bits per heavy atom. The van der Waals surface area contributed by atoms with Gasteiger partial charge in [0.1, 0.15) is 12.3 Å². The second-order valence-corrected chi connectivity index (χ2v) is 6.57. The Hall–Kier alpha value is -3.35. The van der Waals surface area contributed by atoms with Gasteiger partial charge in [-0.05, 0) is 42.8 Å². The quantitative estimate of drug-likeness (QED) is 0.897. The van der Waals surface area contributed by atoms with Crippen molar-refractivity contribution in [2.45, 2.75) is 6.92 Å². The summed E-state index contributed by atoms with van der Waals surface area (Å²) in [5.74, 6) is -0.393. The molecule has 0 aromatic heterocycles. The van der Waals surface area contributed by atoms with E-state index in [-0.39, 0.29) is 30.9 Å². The van der Waals surface area contributed by atoms with Gasteiger partial charge in [0.15, 0.2) is 6.61 Å². The molecule has 0 saturated carbocycles. The summed E-state index contributed by atoms with van der Waals surface area (Å²) in [5.41, 5.74) is 2.52. The van der Waals surface area contributed by atoms with E-state index in [4.69, 9.17) is 4.74 Å². The normalized spacial score (nSPS) is 12.9. The van der Waals surface area contributed by atoms with Gasteiger partial charge in [-0.1, -0.05) is 12.1 Å². The van der Waals surface area contributed by atoms with Gasteiger partial charge in [0, 0.05) is 25.3 Å². The molecule has 1 heterocycles. The molecule has 27 heavy (non-hydrogen) atoms. The first-order valence-corrected chi connectivity index (χ1v) is 8.50. The predicted octanol–water partition coefficient (Wildman–Crippen LogP) is 2.06. The highest BCUT2D eigenvalue weighted by Crippen LogP contribution is 2.33. The average molecular weight is 367 g/mol. The lowest BCUT2D eigenvalue weighted by atomic mass is 10.1. The second kappa shape index (κ2) is 7.49. The number of aryl methyl sites for hydroxylation is 1. The molecule has 3 rings (SSSR count). The Balaban J connectivity index is 1.83. The van der Waals surface area contributed by atoms with E-state index >= 15 is 0 Å². The van der Waals surface area contributed by atoms with Gasteiger partial charge in [-0.25, -0.2) is 0 Å². The molecule has 0 atom stereocenters. The van der Waals surface area contributed by atoms with E-state index in [1.54, 1.807) is 38.4 Å². The highest BCUT2D eigenvalue weighted by Gasteiger charge is 2.28. The number of carbonyl (C=O) groups is 3. The highest BCUT2D eigenvalue weighted by molar-refractivity contribution is 6.06.